The summed E-state index contributed by atoms with van der Waals surface area (Å²) < 4.78 is 41.8. The van der Waals surface area contributed by atoms with Crippen LogP contribution in [-0.2, 0) is 16.6 Å². The standard InChI is InChI=1S/C14H20ClFN2O2S/c1-14(2)5-3-4-12(14)18-21(19,20)11-7-10(15)6-9(8-17)13(11)16/h6-7,12,18H,3-5,8,17H2,1-2H3. The van der Waals surface area contributed by atoms with E-state index in [0.29, 0.717) is 0 Å². The van der Waals surface area contributed by atoms with Crippen LogP contribution in [0.4, 0.5) is 4.39 Å². The number of nitrogens with one attached hydrogen (secondary N) is 1. The maximum atomic E-state index is 14.3. The van der Waals surface area contributed by atoms with Gasteiger partial charge in [0.1, 0.15) is 10.7 Å². The van der Waals surface area contributed by atoms with Gasteiger partial charge in [0, 0.05) is 23.2 Å². The predicted octanol–water partition coefficient (Wildman–Crippen LogP) is 2.79. The average Bonchev–Trinajstić information content (AvgIpc) is 2.70. The monoisotopic (exact) mass is 334 g/mol. The van der Waals surface area contributed by atoms with Crippen LogP contribution < -0.4 is 10.5 Å². The van der Waals surface area contributed by atoms with Gasteiger partial charge in [-0.25, -0.2) is 17.5 Å². The van der Waals surface area contributed by atoms with Crippen LogP contribution in [-0.4, -0.2) is 14.5 Å². The number of benzene rings is 1. The van der Waals surface area contributed by atoms with E-state index in [-0.39, 0.29) is 28.6 Å². The summed E-state index contributed by atoms with van der Waals surface area (Å²) in [5.41, 5.74) is 5.38. The molecule has 0 saturated heterocycles. The Morgan fingerprint density at radius 3 is 2.67 bits per heavy atom. The molecule has 1 saturated carbocycles. The molecule has 0 aliphatic heterocycles. The van der Waals surface area contributed by atoms with Gasteiger partial charge in [-0.1, -0.05) is 31.9 Å². The maximum Gasteiger partial charge on any atom is 0.243 e. The van der Waals surface area contributed by atoms with Crippen LogP contribution in [0.15, 0.2) is 17.0 Å². The van der Waals surface area contributed by atoms with Crippen LogP contribution in [0.1, 0.15) is 38.7 Å². The molecule has 0 spiro atoms. The van der Waals surface area contributed by atoms with Gasteiger partial charge in [-0.3, -0.25) is 0 Å². The van der Waals surface area contributed by atoms with Crippen LogP contribution in [0, 0.1) is 11.2 Å². The summed E-state index contributed by atoms with van der Waals surface area (Å²) in [5, 5.41) is 0.155. The smallest absolute Gasteiger partial charge is 0.243 e. The van der Waals surface area contributed by atoms with E-state index in [2.05, 4.69) is 4.72 Å². The van der Waals surface area contributed by atoms with Crippen molar-refractivity contribution in [3.8, 4) is 0 Å². The number of rotatable bonds is 4. The summed E-state index contributed by atoms with van der Waals surface area (Å²) in [6.45, 7) is 3.91. The van der Waals surface area contributed by atoms with Crippen molar-refractivity contribution in [2.75, 3.05) is 0 Å². The quantitative estimate of drug-likeness (QED) is 0.889. The van der Waals surface area contributed by atoms with Crippen molar-refractivity contribution in [3.05, 3.63) is 28.5 Å². The van der Waals surface area contributed by atoms with Gasteiger partial charge in [0.05, 0.1) is 0 Å². The zero-order valence-electron chi connectivity index (χ0n) is 12.1. The SMILES string of the molecule is CC1(C)CCCC1NS(=O)(=O)c1cc(Cl)cc(CN)c1F. The van der Waals surface area contributed by atoms with E-state index in [0.717, 1.165) is 25.3 Å². The molecule has 21 heavy (non-hydrogen) atoms. The Hall–Kier alpha value is -0.690. The average molecular weight is 335 g/mol. The molecule has 1 aromatic rings. The number of hydrogen-bond donors (Lipinski definition) is 2. The highest BCUT2D eigenvalue weighted by molar-refractivity contribution is 7.89. The molecule has 1 atom stereocenters. The van der Waals surface area contributed by atoms with Crippen LogP contribution in [0.3, 0.4) is 0 Å². The van der Waals surface area contributed by atoms with E-state index >= 15 is 0 Å². The van der Waals surface area contributed by atoms with E-state index in [4.69, 9.17) is 17.3 Å². The second-order valence-electron chi connectivity index (χ2n) is 6.14. The third-order valence-corrected chi connectivity index (χ3v) is 5.83. The van der Waals surface area contributed by atoms with Gasteiger partial charge in [-0.2, -0.15) is 0 Å². The van der Waals surface area contributed by atoms with Crippen molar-refractivity contribution in [2.24, 2.45) is 11.1 Å². The molecule has 1 aliphatic rings. The van der Waals surface area contributed by atoms with E-state index in [1.807, 2.05) is 13.8 Å². The zero-order valence-corrected chi connectivity index (χ0v) is 13.7. The third kappa shape index (κ3) is 3.39. The molecule has 3 N–H and O–H groups in total. The lowest BCUT2D eigenvalue weighted by molar-refractivity contribution is 0.312. The van der Waals surface area contributed by atoms with Crippen LogP contribution in [0.2, 0.25) is 5.02 Å². The summed E-state index contributed by atoms with van der Waals surface area (Å²) in [6, 6.07) is 2.26. The van der Waals surface area contributed by atoms with Crippen molar-refractivity contribution in [1.29, 1.82) is 0 Å². The Balaban J connectivity index is 2.38. The molecule has 0 amide bonds. The Bertz CT molecular complexity index is 647. The van der Waals surface area contributed by atoms with Crippen molar-refractivity contribution >= 4 is 21.6 Å². The first-order valence-electron chi connectivity index (χ1n) is 6.88. The summed E-state index contributed by atoms with van der Waals surface area (Å²) in [7, 11) is -3.97. The fourth-order valence-electron chi connectivity index (χ4n) is 2.76. The fourth-order valence-corrected chi connectivity index (χ4v) is 4.65. The van der Waals surface area contributed by atoms with Gasteiger partial charge in [0.15, 0.2) is 0 Å². The van der Waals surface area contributed by atoms with Crippen molar-refractivity contribution in [2.45, 2.75) is 50.6 Å². The largest absolute Gasteiger partial charge is 0.326 e. The number of hydrogen-bond acceptors (Lipinski definition) is 3. The van der Waals surface area contributed by atoms with Crippen LogP contribution in [0.25, 0.3) is 0 Å². The lowest BCUT2D eigenvalue weighted by atomic mass is 9.88. The lowest BCUT2D eigenvalue weighted by Crippen LogP contribution is -2.41. The molecule has 0 aromatic heterocycles. The molecule has 4 nitrogen and oxygen atoms in total. The molecule has 2 rings (SSSR count). The Morgan fingerprint density at radius 2 is 2.14 bits per heavy atom. The van der Waals surface area contributed by atoms with Gasteiger partial charge in [-0.05, 0) is 30.4 Å². The van der Waals surface area contributed by atoms with Crippen LogP contribution in [0.5, 0.6) is 0 Å². The summed E-state index contributed by atoms with van der Waals surface area (Å²) in [4.78, 5) is -0.432. The number of nitrogens with two attached hydrogens (primary N) is 1. The minimum absolute atomic E-state index is 0.0913. The molecule has 1 aliphatic carbocycles. The Labute approximate surface area is 129 Å². The van der Waals surface area contributed by atoms with E-state index in [1.165, 1.54) is 6.07 Å². The van der Waals surface area contributed by atoms with Gasteiger partial charge in [0.2, 0.25) is 10.0 Å². The first kappa shape index (κ1) is 16.7. The minimum atomic E-state index is -3.97. The molecule has 1 aromatic carbocycles. The van der Waals surface area contributed by atoms with Gasteiger partial charge in [-0.15, -0.1) is 0 Å². The first-order valence-corrected chi connectivity index (χ1v) is 8.74. The fraction of sp³-hybridized carbons (Fsp3) is 0.571. The van der Waals surface area contributed by atoms with Gasteiger partial charge in [0.25, 0.3) is 0 Å². The normalized spacial score (nSPS) is 21.7. The summed E-state index contributed by atoms with van der Waals surface area (Å²) in [6.07, 6.45) is 2.64. The van der Waals surface area contributed by atoms with E-state index in [9.17, 15) is 12.8 Å². The van der Waals surface area contributed by atoms with E-state index < -0.39 is 20.7 Å². The molecule has 1 unspecified atom stereocenters. The zero-order chi connectivity index (χ0) is 15.8. The van der Waals surface area contributed by atoms with Crippen molar-refractivity contribution in [3.63, 3.8) is 0 Å². The second kappa shape index (κ2) is 5.83. The highest BCUT2D eigenvalue weighted by Crippen LogP contribution is 2.38. The third-order valence-electron chi connectivity index (χ3n) is 4.14. The molecular weight excluding hydrogens is 315 g/mol. The predicted molar refractivity (Wildman–Crippen MR) is 81.0 cm³/mol. The lowest BCUT2D eigenvalue weighted by Gasteiger charge is -2.27. The minimum Gasteiger partial charge on any atom is -0.326 e. The molecule has 0 bridgehead atoms. The van der Waals surface area contributed by atoms with Gasteiger partial charge >= 0.3 is 0 Å². The Morgan fingerprint density at radius 1 is 1.48 bits per heavy atom. The number of sulfonamides is 1. The molecule has 0 radical (unpaired) electrons. The molecule has 0 heterocycles. The van der Waals surface area contributed by atoms with Crippen LogP contribution >= 0.6 is 11.6 Å². The van der Waals surface area contributed by atoms with E-state index in [1.54, 1.807) is 0 Å². The topological polar surface area (TPSA) is 72.2 Å². The maximum absolute atomic E-state index is 14.3. The highest BCUT2D eigenvalue weighted by Gasteiger charge is 2.38. The Kier molecular flexibility index (Phi) is 4.63. The van der Waals surface area contributed by atoms with Crippen molar-refractivity contribution < 1.29 is 12.8 Å². The van der Waals surface area contributed by atoms with Crippen molar-refractivity contribution in [1.82, 2.24) is 4.72 Å². The second-order valence-corrected chi connectivity index (χ2v) is 8.25. The van der Waals surface area contributed by atoms with Gasteiger partial charge < -0.3 is 5.73 Å². The summed E-state index contributed by atoms with van der Waals surface area (Å²) in [5.74, 6) is -0.829. The number of halogens is 2. The molecule has 1 fully saturated rings. The summed E-state index contributed by atoms with van der Waals surface area (Å²) >= 11 is 5.87. The molecular formula is C14H20ClFN2O2S. The molecule has 7 heteroatoms. The molecule has 118 valence electrons. The first-order chi connectivity index (χ1) is 9.67. The highest BCUT2D eigenvalue weighted by atomic mass is 35.5.